The molecule has 0 saturated heterocycles. The van der Waals surface area contributed by atoms with Gasteiger partial charge >= 0.3 is 0 Å². The van der Waals surface area contributed by atoms with Gasteiger partial charge in [0.05, 0.1) is 0 Å². The fourth-order valence-electron chi connectivity index (χ4n) is 2.62. The Kier molecular flexibility index (Phi) is 8.33. The van der Waals surface area contributed by atoms with Crippen LogP contribution in [0.1, 0.15) is 30.0 Å². The van der Waals surface area contributed by atoms with Crippen LogP contribution in [0.4, 0.5) is 0 Å². The summed E-state index contributed by atoms with van der Waals surface area (Å²) in [6.07, 6.45) is 0.175. The molecule has 1 atom stereocenters. The maximum atomic E-state index is 12.4. The molecule has 0 aliphatic carbocycles. The highest BCUT2D eigenvalue weighted by Gasteiger charge is 2.18. The van der Waals surface area contributed by atoms with Crippen molar-refractivity contribution in [2.45, 2.75) is 39.0 Å². The van der Waals surface area contributed by atoms with Gasteiger partial charge in [-0.25, -0.2) is 0 Å². The third-order valence-corrected chi connectivity index (χ3v) is 5.15. The lowest BCUT2D eigenvalue weighted by Gasteiger charge is -2.18. The van der Waals surface area contributed by atoms with Gasteiger partial charge < -0.3 is 10.1 Å². The first-order valence-electron chi connectivity index (χ1n) is 8.82. The molecule has 0 radical (unpaired) electrons. The van der Waals surface area contributed by atoms with Crippen LogP contribution in [-0.2, 0) is 10.5 Å². The summed E-state index contributed by atoms with van der Waals surface area (Å²) in [6.45, 7) is 6.64. The third-order valence-electron chi connectivity index (χ3n) is 3.86. The first-order chi connectivity index (χ1) is 12.5. The van der Waals surface area contributed by atoms with Crippen molar-refractivity contribution >= 4 is 29.3 Å². The number of nitrogens with one attached hydrogen (secondary N) is 1. The molecule has 2 aromatic rings. The van der Waals surface area contributed by atoms with Crippen LogP contribution in [0, 0.1) is 13.8 Å². The molecular formula is C21H26ClNO2S. The van der Waals surface area contributed by atoms with Crippen LogP contribution in [0.2, 0.25) is 5.02 Å². The van der Waals surface area contributed by atoms with E-state index in [1.165, 1.54) is 5.56 Å². The Hall–Kier alpha value is -1.65. The predicted molar refractivity (Wildman–Crippen MR) is 111 cm³/mol. The lowest BCUT2D eigenvalue weighted by Crippen LogP contribution is -2.39. The molecule has 5 heteroatoms. The Labute approximate surface area is 165 Å². The molecule has 1 N–H and O–H groups in total. The molecule has 3 nitrogen and oxygen atoms in total. The highest BCUT2D eigenvalue weighted by Crippen LogP contribution is 2.19. The topological polar surface area (TPSA) is 38.3 Å². The Morgan fingerprint density at radius 3 is 2.42 bits per heavy atom. The molecule has 0 aromatic heterocycles. The van der Waals surface area contributed by atoms with Gasteiger partial charge in [0.2, 0.25) is 0 Å². The number of rotatable bonds is 9. The third kappa shape index (κ3) is 6.93. The van der Waals surface area contributed by atoms with Gasteiger partial charge in [-0.3, -0.25) is 4.79 Å². The number of amides is 1. The van der Waals surface area contributed by atoms with Gasteiger partial charge in [-0.2, -0.15) is 11.8 Å². The second-order valence-electron chi connectivity index (χ2n) is 6.31. The van der Waals surface area contributed by atoms with Crippen molar-refractivity contribution in [1.29, 1.82) is 0 Å². The van der Waals surface area contributed by atoms with E-state index in [1.54, 1.807) is 11.8 Å². The molecule has 140 valence electrons. The van der Waals surface area contributed by atoms with Crippen LogP contribution in [0.5, 0.6) is 5.75 Å². The van der Waals surface area contributed by atoms with Gasteiger partial charge in [-0.1, -0.05) is 36.7 Å². The molecule has 0 bridgehead atoms. The number of halogens is 1. The van der Waals surface area contributed by atoms with Gasteiger partial charge in [0, 0.05) is 23.1 Å². The van der Waals surface area contributed by atoms with Crippen LogP contribution >= 0.6 is 23.4 Å². The van der Waals surface area contributed by atoms with E-state index >= 15 is 0 Å². The van der Waals surface area contributed by atoms with Crippen LogP contribution in [0.3, 0.4) is 0 Å². The van der Waals surface area contributed by atoms with Crippen molar-refractivity contribution in [2.24, 2.45) is 0 Å². The minimum Gasteiger partial charge on any atom is -0.481 e. The van der Waals surface area contributed by atoms with Crippen LogP contribution in [0.25, 0.3) is 0 Å². The lowest BCUT2D eigenvalue weighted by atomic mass is 10.1. The molecule has 2 rings (SSSR count). The van der Waals surface area contributed by atoms with Gasteiger partial charge in [0.25, 0.3) is 5.91 Å². The number of hydrogen-bond acceptors (Lipinski definition) is 3. The highest BCUT2D eigenvalue weighted by molar-refractivity contribution is 7.98. The van der Waals surface area contributed by atoms with Crippen molar-refractivity contribution in [3.63, 3.8) is 0 Å². The van der Waals surface area contributed by atoms with Crippen LogP contribution < -0.4 is 10.1 Å². The van der Waals surface area contributed by atoms with E-state index in [2.05, 4.69) is 11.4 Å². The summed E-state index contributed by atoms with van der Waals surface area (Å²) in [7, 11) is 0. The molecule has 0 fully saturated rings. The largest absolute Gasteiger partial charge is 0.481 e. The summed E-state index contributed by atoms with van der Waals surface area (Å²) in [5.74, 6) is 2.46. The molecule has 2 aromatic carbocycles. The molecule has 0 unspecified atom stereocenters. The van der Waals surface area contributed by atoms with Crippen LogP contribution in [0.15, 0.2) is 42.5 Å². The minimum absolute atomic E-state index is 0.0567. The molecule has 0 heterocycles. The van der Waals surface area contributed by atoms with Crippen molar-refractivity contribution in [1.82, 2.24) is 5.32 Å². The number of carbonyl (C=O) groups excluding carboxylic acids is 1. The summed E-state index contributed by atoms with van der Waals surface area (Å²) in [6, 6.07) is 13.9. The number of hydrogen-bond donors (Lipinski definition) is 1. The Balaban J connectivity index is 1.73. The number of aryl methyl sites for hydroxylation is 2. The average Bonchev–Trinajstić information content (AvgIpc) is 2.60. The SMILES string of the molecule is CC[C@H](Oc1cc(C)cc(C)c1)C(=O)NCCSCc1ccc(Cl)cc1. The molecule has 0 spiro atoms. The first-order valence-corrected chi connectivity index (χ1v) is 10.4. The van der Waals surface area contributed by atoms with Gasteiger partial charge in [-0.05, 0) is 61.2 Å². The van der Waals surface area contributed by atoms with Crippen molar-refractivity contribution in [3.05, 3.63) is 64.2 Å². The smallest absolute Gasteiger partial charge is 0.261 e. The standard InChI is InChI=1S/C21H26ClNO2S/c1-4-20(25-19-12-15(2)11-16(3)13-19)21(24)23-9-10-26-14-17-5-7-18(22)8-6-17/h5-8,11-13,20H,4,9-10,14H2,1-3H3,(H,23,24)/t20-/m0/s1. The fourth-order valence-corrected chi connectivity index (χ4v) is 3.56. The van der Waals surface area contributed by atoms with E-state index < -0.39 is 6.10 Å². The summed E-state index contributed by atoms with van der Waals surface area (Å²) in [5, 5.41) is 3.72. The van der Waals surface area contributed by atoms with E-state index in [9.17, 15) is 4.79 Å². The van der Waals surface area contributed by atoms with E-state index in [4.69, 9.17) is 16.3 Å². The maximum Gasteiger partial charge on any atom is 0.261 e. The van der Waals surface area contributed by atoms with Gasteiger partial charge in [0.1, 0.15) is 5.75 Å². The lowest BCUT2D eigenvalue weighted by molar-refractivity contribution is -0.127. The van der Waals surface area contributed by atoms with Crippen LogP contribution in [-0.4, -0.2) is 24.3 Å². The molecular weight excluding hydrogens is 366 g/mol. The zero-order valence-corrected chi connectivity index (χ0v) is 17.1. The molecule has 0 saturated carbocycles. The van der Waals surface area contributed by atoms with E-state index in [0.717, 1.165) is 33.4 Å². The van der Waals surface area contributed by atoms with Crippen molar-refractivity contribution < 1.29 is 9.53 Å². The van der Waals surface area contributed by atoms with Crippen molar-refractivity contribution in [2.75, 3.05) is 12.3 Å². The van der Waals surface area contributed by atoms with E-state index in [1.807, 2.05) is 57.2 Å². The Bertz CT molecular complexity index is 698. The summed E-state index contributed by atoms with van der Waals surface area (Å²) in [5.41, 5.74) is 3.50. The zero-order chi connectivity index (χ0) is 18.9. The molecule has 0 aliphatic rings. The predicted octanol–water partition coefficient (Wildman–Crippen LogP) is 5.16. The number of thioether (sulfide) groups is 1. The van der Waals surface area contributed by atoms with E-state index in [0.29, 0.717) is 13.0 Å². The average molecular weight is 392 g/mol. The zero-order valence-electron chi connectivity index (χ0n) is 15.5. The molecule has 0 aliphatic heterocycles. The maximum absolute atomic E-state index is 12.4. The van der Waals surface area contributed by atoms with E-state index in [-0.39, 0.29) is 5.91 Å². The highest BCUT2D eigenvalue weighted by atomic mass is 35.5. The van der Waals surface area contributed by atoms with Gasteiger partial charge in [-0.15, -0.1) is 0 Å². The monoisotopic (exact) mass is 391 g/mol. The quantitative estimate of drug-likeness (QED) is 0.599. The Morgan fingerprint density at radius 2 is 1.81 bits per heavy atom. The summed E-state index contributed by atoms with van der Waals surface area (Å²) >= 11 is 7.67. The normalized spacial score (nSPS) is 11.8. The molecule has 26 heavy (non-hydrogen) atoms. The van der Waals surface area contributed by atoms with Crippen molar-refractivity contribution in [3.8, 4) is 5.75 Å². The first kappa shape index (κ1) is 20.7. The second-order valence-corrected chi connectivity index (χ2v) is 7.85. The molecule has 1 amide bonds. The fraction of sp³-hybridized carbons (Fsp3) is 0.381. The number of ether oxygens (including phenoxy) is 1. The summed E-state index contributed by atoms with van der Waals surface area (Å²) in [4.78, 5) is 12.4. The second kappa shape index (κ2) is 10.5. The number of benzene rings is 2. The Morgan fingerprint density at radius 1 is 1.15 bits per heavy atom. The minimum atomic E-state index is -0.461. The number of carbonyl (C=O) groups is 1. The summed E-state index contributed by atoms with van der Waals surface area (Å²) < 4.78 is 5.89. The van der Waals surface area contributed by atoms with Gasteiger partial charge in [0.15, 0.2) is 6.10 Å².